The molecule has 1 atom stereocenters. The molecule has 19 heavy (non-hydrogen) atoms. The third-order valence-electron chi connectivity index (χ3n) is 3.10. The topological polar surface area (TPSA) is 72.2 Å². The molecule has 0 aliphatic heterocycles. The summed E-state index contributed by atoms with van der Waals surface area (Å²) in [5.74, 6) is 0.459. The number of benzene rings is 1. The zero-order valence-corrected chi connectivity index (χ0v) is 12.9. The van der Waals surface area contributed by atoms with E-state index in [1.165, 1.54) is 0 Å². The van der Waals surface area contributed by atoms with Crippen LogP contribution in [-0.4, -0.2) is 21.0 Å². The van der Waals surface area contributed by atoms with Gasteiger partial charge in [0.15, 0.2) is 0 Å². The van der Waals surface area contributed by atoms with Crippen LogP contribution in [0, 0.1) is 19.8 Å². The summed E-state index contributed by atoms with van der Waals surface area (Å²) in [6.45, 7) is 8.26. The quantitative estimate of drug-likeness (QED) is 0.838. The summed E-state index contributed by atoms with van der Waals surface area (Å²) >= 11 is 0. The summed E-state index contributed by atoms with van der Waals surface area (Å²) in [5.41, 5.74) is 7.93. The molecule has 0 aromatic heterocycles. The minimum atomic E-state index is -3.46. The van der Waals surface area contributed by atoms with Gasteiger partial charge in [-0.25, -0.2) is 13.1 Å². The van der Waals surface area contributed by atoms with Crippen molar-refractivity contribution in [2.75, 3.05) is 6.54 Å². The van der Waals surface area contributed by atoms with Gasteiger partial charge in [0.2, 0.25) is 10.0 Å². The van der Waals surface area contributed by atoms with Crippen LogP contribution in [-0.2, 0) is 10.0 Å². The summed E-state index contributed by atoms with van der Waals surface area (Å²) in [7, 11) is -3.46. The van der Waals surface area contributed by atoms with E-state index in [0.717, 1.165) is 17.5 Å². The number of rotatable bonds is 6. The van der Waals surface area contributed by atoms with E-state index in [1.807, 2.05) is 19.9 Å². The molecule has 0 amide bonds. The summed E-state index contributed by atoms with van der Waals surface area (Å²) in [5, 5.41) is 0. The van der Waals surface area contributed by atoms with Gasteiger partial charge in [-0.05, 0) is 49.4 Å². The molecular weight excluding hydrogens is 260 g/mol. The average molecular weight is 284 g/mol. The Morgan fingerprint density at radius 3 is 2.37 bits per heavy atom. The molecule has 0 saturated heterocycles. The first kappa shape index (κ1) is 16.1. The Bertz CT molecular complexity index is 524. The molecule has 4 nitrogen and oxygen atoms in total. The lowest BCUT2D eigenvalue weighted by Crippen LogP contribution is -2.38. The van der Waals surface area contributed by atoms with Crippen molar-refractivity contribution in [2.45, 2.75) is 45.1 Å². The Labute approximate surface area is 116 Å². The zero-order chi connectivity index (χ0) is 14.6. The highest BCUT2D eigenvalue weighted by Crippen LogP contribution is 2.14. The highest BCUT2D eigenvalue weighted by Gasteiger charge is 2.16. The second-order valence-corrected chi connectivity index (χ2v) is 7.25. The molecule has 1 aromatic carbocycles. The van der Waals surface area contributed by atoms with E-state index in [-0.39, 0.29) is 12.6 Å². The van der Waals surface area contributed by atoms with E-state index in [4.69, 9.17) is 5.73 Å². The van der Waals surface area contributed by atoms with E-state index in [0.29, 0.717) is 10.8 Å². The predicted molar refractivity (Wildman–Crippen MR) is 78.5 cm³/mol. The molecular formula is C14H24N2O2S. The maximum atomic E-state index is 12.1. The van der Waals surface area contributed by atoms with Crippen LogP contribution in [0.5, 0.6) is 0 Å². The summed E-state index contributed by atoms with van der Waals surface area (Å²) in [4.78, 5) is 0.298. The molecule has 0 fully saturated rings. The summed E-state index contributed by atoms with van der Waals surface area (Å²) in [6, 6.07) is 4.98. The fraction of sp³-hybridized carbons (Fsp3) is 0.571. The number of nitrogens with one attached hydrogen (secondary N) is 1. The molecule has 0 aliphatic carbocycles. The second kappa shape index (κ2) is 6.50. The van der Waals surface area contributed by atoms with Gasteiger partial charge in [0.1, 0.15) is 0 Å². The smallest absolute Gasteiger partial charge is 0.240 e. The van der Waals surface area contributed by atoms with Gasteiger partial charge in [0, 0.05) is 12.6 Å². The van der Waals surface area contributed by atoms with Crippen LogP contribution in [0.25, 0.3) is 0 Å². The maximum absolute atomic E-state index is 12.1. The normalized spacial score (nSPS) is 13.8. The van der Waals surface area contributed by atoms with Gasteiger partial charge in [-0.1, -0.05) is 19.9 Å². The third-order valence-corrected chi connectivity index (χ3v) is 4.52. The Hall–Kier alpha value is -0.910. The first-order valence-corrected chi connectivity index (χ1v) is 8.03. The van der Waals surface area contributed by atoms with Crippen molar-refractivity contribution in [3.63, 3.8) is 0 Å². The van der Waals surface area contributed by atoms with Crippen LogP contribution in [0.15, 0.2) is 23.1 Å². The van der Waals surface area contributed by atoms with E-state index in [9.17, 15) is 8.42 Å². The molecule has 0 saturated carbocycles. The SMILES string of the molecule is Cc1ccc(S(=O)(=O)NCC(N)CC(C)C)cc1C. The third kappa shape index (κ3) is 4.93. The van der Waals surface area contributed by atoms with E-state index >= 15 is 0 Å². The monoisotopic (exact) mass is 284 g/mol. The highest BCUT2D eigenvalue weighted by atomic mass is 32.2. The molecule has 1 aromatic rings. The number of sulfonamides is 1. The predicted octanol–water partition coefficient (Wildman–Crippen LogP) is 1.96. The molecule has 1 rings (SSSR count). The van der Waals surface area contributed by atoms with Gasteiger partial charge in [-0.3, -0.25) is 0 Å². The van der Waals surface area contributed by atoms with Crippen molar-refractivity contribution in [1.29, 1.82) is 0 Å². The molecule has 0 radical (unpaired) electrons. The van der Waals surface area contributed by atoms with Gasteiger partial charge < -0.3 is 5.73 Å². The average Bonchev–Trinajstić information content (AvgIpc) is 2.29. The largest absolute Gasteiger partial charge is 0.327 e. The molecule has 0 spiro atoms. The Balaban J connectivity index is 2.73. The first-order valence-electron chi connectivity index (χ1n) is 6.55. The second-order valence-electron chi connectivity index (χ2n) is 5.49. The van der Waals surface area contributed by atoms with Crippen LogP contribution in [0.1, 0.15) is 31.4 Å². The first-order chi connectivity index (χ1) is 8.72. The van der Waals surface area contributed by atoms with Crippen molar-refractivity contribution in [3.8, 4) is 0 Å². The molecule has 0 aliphatic rings. The standard InChI is InChI=1S/C14H24N2O2S/c1-10(2)7-13(15)9-16-19(17,18)14-6-5-11(3)12(4)8-14/h5-6,8,10,13,16H,7,9,15H2,1-4H3. The molecule has 108 valence electrons. The van der Waals surface area contributed by atoms with Crippen LogP contribution < -0.4 is 10.5 Å². The Kier molecular flexibility index (Phi) is 5.52. The summed E-state index contributed by atoms with van der Waals surface area (Å²) in [6.07, 6.45) is 0.801. The van der Waals surface area contributed by atoms with Crippen molar-refractivity contribution >= 4 is 10.0 Å². The number of nitrogens with two attached hydrogens (primary N) is 1. The van der Waals surface area contributed by atoms with Crippen molar-refractivity contribution < 1.29 is 8.42 Å². The van der Waals surface area contributed by atoms with Crippen LogP contribution >= 0.6 is 0 Å². The lowest BCUT2D eigenvalue weighted by atomic mass is 10.1. The minimum Gasteiger partial charge on any atom is -0.327 e. The molecule has 3 N–H and O–H groups in total. The van der Waals surface area contributed by atoms with Crippen molar-refractivity contribution in [2.24, 2.45) is 11.7 Å². The minimum absolute atomic E-state index is 0.152. The lowest BCUT2D eigenvalue weighted by Gasteiger charge is -2.15. The lowest BCUT2D eigenvalue weighted by molar-refractivity contribution is 0.486. The van der Waals surface area contributed by atoms with Gasteiger partial charge in [0.05, 0.1) is 4.90 Å². The fourth-order valence-corrected chi connectivity index (χ4v) is 3.05. The number of hydrogen-bond acceptors (Lipinski definition) is 3. The zero-order valence-electron chi connectivity index (χ0n) is 12.1. The van der Waals surface area contributed by atoms with Gasteiger partial charge in [0.25, 0.3) is 0 Å². The van der Waals surface area contributed by atoms with Crippen LogP contribution in [0.3, 0.4) is 0 Å². The Morgan fingerprint density at radius 1 is 1.21 bits per heavy atom. The summed E-state index contributed by atoms with van der Waals surface area (Å²) < 4.78 is 26.8. The fourth-order valence-electron chi connectivity index (χ4n) is 1.87. The van der Waals surface area contributed by atoms with Crippen molar-refractivity contribution in [3.05, 3.63) is 29.3 Å². The van der Waals surface area contributed by atoms with E-state index < -0.39 is 10.0 Å². The van der Waals surface area contributed by atoms with E-state index in [1.54, 1.807) is 12.1 Å². The number of hydrogen-bond donors (Lipinski definition) is 2. The van der Waals surface area contributed by atoms with E-state index in [2.05, 4.69) is 18.6 Å². The van der Waals surface area contributed by atoms with Gasteiger partial charge in [-0.2, -0.15) is 0 Å². The Morgan fingerprint density at radius 2 is 1.84 bits per heavy atom. The van der Waals surface area contributed by atoms with Crippen LogP contribution in [0.2, 0.25) is 0 Å². The van der Waals surface area contributed by atoms with Crippen LogP contribution in [0.4, 0.5) is 0 Å². The van der Waals surface area contributed by atoms with Gasteiger partial charge >= 0.3 is 0 Å². The maximum Gasteiger partial charge on any atom is 0.240 e. The molecule has 1 unspecified atom stereocenters. The van der Waals surface area contributed by atoms with Gasteiger partial charge in [-0.15, -0.1) is 0 Å². The molecule has 0 bridgehead atoms. The molecule has 5 heteroatoms. The van der Waals surface area contributed by atoms with Crippen molar-refractivity contribution in [1.82, 2.24) is 4.72 Å². The molecule has 0 heterocycles. The number of aryl methyl sites for hydroxylation is 2. The highest BCUT2D eigenvalue weighted by molar-refractivity contribution is 7.89.